The lowest BCUT2D eigenvalue weighted by atomic mass is 9.92. The number of nitrogens with one attached hydrogen (secondary N) is 1. The van der Waals surface area contributed by atoms with Crippen LogP contribution in [0.5, 0.6) is 0 Å². The number of esters is 1. The predicted octanol–water partition coefficient (Wildman–Crippen LogP) is 0.884. The van der Waals surface area contributed by atoms with Crippen LogP contribution < -0.4 is 5.32 Å². The molecule has 0 aromatic rings. The minimum atomic E-state index is -0.577. The van der Waals surface area contributed by atoms with Crippen molar-refractivity contribution in [1.82, 2.24) is 10.2 Å². The van der Waals surface area contributed by atoms with Gasteiger partial charge in [-0.1, -0.05) is 0 Å². The van der Waals surface area contributed by atoms with E-state index in [1.807, 2.05) is 21.0 Å². The molecule has 0 bridgehead atoms. The van der Waals surface area contributed by atoms with Gasteiger partial charge >= 0.3 is 5.97 Å². The number of likely N-dealkylation sites (N-methyl/N-ethyl adjacent to an activating group) is 2. The smallest absolute Gasteiger partial charge is 0.327 e. The molecule has 19 heavy (non-hydrogen) atoms. The van der Waals surface area contributed by atoms with Crippen molar-refractivity contribution in [3.63, 3.8) is 0 Å². The first-order valence-corrected chi connectivity index (χ1v) is 7.07. The van der Waals surface area contributed by atoms with E-state index >= 15 is 0 Å². The maximum absolute atomic E-state index is 12.4. The van der Waals surface area contributed by atoms with Crippen LogP contribution in [0.1, 0.15) is 26.7 Å². The summed E-state index contributed by atoms with van der Waals surface area (Å²) >= 11 is 0. The standard InChI is InChI=1S/C14H28N2O3/c1-6-19-13(17)14(15-3,12-7-8-12)10-16(4)11(2)9-18-5/h11-12,15H,6-10H2,1-5H3. The Morgan fingerprint density at radius 3 is 2.58 bits per heavy atom. The summed E-state index contributed by atoms with van der Waals surface area (Å²) < 4.78 is 10.5. The molecule has 1 aliphatic carbocycles. The molecule has 1 aliphatic rings. The number of hydrogen-bond acceptors (Lipinski definition) is 5. The largest absolute Gasteiger partial charge is 0.465 e. The third-order valence-corrected chi connectivity index (χ3v) is 4.02. The van der Waals surface area contributed by atoms with Gasteiger partial charge in [0.2, 0.25) is 0 Å². The zero-order valence-electron chi connectivity index (χ0n) is 12.9. The predicted molar refractivity (Wildman–Crippen MR) is 75.1 cm³/mol. The monoisotopic (exact) mass is 272 g/mol. The van der Waals surface area contributed by atoms with Crippen LogP contribution >= 0.6 is 0 Å². The first-order valence-electron chi connectivity index (χ1n) is 7.07. The van der Waals surface area contributed by atoms with Gasteiger partial charge in [0.05, 0.1) is 13.2 Å². The van der Waals surface area contributed by atoms with Gasteiger partial charge in [0, 0.05) is 19.7 Å². The lowest BCUT2D eigenvalue weighted by Crippen LogP contribution is -2.61. The molecule has 1 N–H and O–H groups in total. The van der Waals surface area contributed by atoms with Gasteiger partial charge in [-0.25, -0.2) is 4.79 Å². The van der Waals surface area contributed by atoms with E-state index in [9.17, 15) is 4.79 Å². The third-order valence-electron chi connectivity index (χ3n) is 4.02. The Bertz CT molecular complexity index is 294. The summed E-state index contributed by atoms with van der Waals surface area (Å²) in [6.07, 6.45) is 2.18. The second-order valence-corrected chi connectivity index (χ2v) is 5.44. The highest BCUT2D eigenvalue weighted by molar-refractivity contribution is 5.82. The second-order valence-electron chi connectivity index (χ2n) is 5.44. The van der Waals surface area contributed by atoms with Crippen molar-refractivity contribution in [3.8, 4) is 0 Å². The molecular formula is C14H28N2O3. The minimum Gasteiger partial charge on any atom is -0.465 e. The number of carbonyl (C=O) groups excluding carboxylic acids is 1. The normalized spacial score (nSPS) is 20.1. The van der Waals surface area contributed by atoms with Gasteiger partial charge in [-0.15, -0.1) is 0 Å². The summed E-state index contributed by atoms with van der Waals surface area (Å²) in [5.41, 5.74) is -0.577. The van der Waals surface area contributed by atoms with Gasteiger partial charge in [0.15, 0.2) is 0 Å². The number of methoxy groups -OCH3 is 1. The van der Waals surface area contributed by atoms with Crippen LogP contribution in [0.3, 0.4) is 0 Å². The molecule has 1 fully saturated rings. The lowest BCUT2D eigenvalue weighted by molar-refractivity contribution is -0.153. The van der Waals surface area contributed by atoms with Crippen molar-refractivity contribution < 1.29 is 14.3 Å². The van der Waals surface area contributed by atoms with E-state index in [1.54, 1.807) is 7.11 Å². The van der Waals surface area contributed by atoms with Crippen LogP contribution in [0.2, 0.25) is 0 Å². The van der Waals surface area contributed by atoms with Crippen LogP contribution in [0.4, 0.5) is 0 Å². The van der Waals surface area contributed by atoms with Crippen LogP contribution in [0, 0.1) is 5.92 Å². The highest BCUT2D eigenvalue weighted by Gasteiger charge is 2.51. The molecule has 0 spiro atoms. The number of rotatable bonds is 9. The summed E-state index contributed by atoms with van der Waals surface area (Å²) in [5, 5.41) is 3.23. The van der Waals surface area contributed by atoms with E-state index in [2.05, 4.69) is 17.1 Å². The van der Waals surface area contributed by atoms with Crippen molar-refractivity contribution in [1.29, 1.82) is 0 Å². The van der Waals surface area contributed by atoms with Crippen LogP contribution in [-0.4, -0.2) is 63.4 Å². The Hall–Kier alpha value is -0.650. The van der Waals surface area contributed by atoms with Gasteiger partial charge in [-0.05, 0) is 46.7 Å². The van der Waals surface area contributed by atoms with Crippen LogP contribution in [0.15, 0.2) is 0 Å². The summed E-state index contributed by atoms with van der Waals surface area (Å²) in [7, 11) is 5.57. The Kier molecular flexibility index (Phi) is 6.23. The van der Waals surface area contributed by atoms with Crippen molar-refractivity contribution in [2.24, 2.45) is 5.92 Å². The molecule has 0 saturated heterocycles. The Labute approximate surface area is 116 Å². The van der Waals surface area contributed by atoms with E-state index in [1.165, 1.54) is 0 Å². The molecule has 1 rings (SSSR count). The van der Waals surface area contributed by atoms with Crippen LogP contribution in [0.25, 0.3) is 0 Å². The fourth-order valence-electron chi connectivity index (χ4n) is 2.50. The molecule has 0 aromatic heterocycles. The van der Waals surface area contributed by atoms with Gasteiger partial charge in [-0.2, -0.15) is 0 Å². The minimum absolute atomic E-state index is 0.128. The van der Waals surface area contributed by atoms with Gasteiger partial charge in [0.1, 0.15) is 5.54 Å². The van der Waals surface area contributed by atoms with Crippen molar-refractivity contribution in [3.05, 3.63) is 0 Å². The number of hydrogen-bond donors (Lipinski definition) is 1. The Morgan fingerprint density at radius 2 is 2.16 bits per heavy atom. The van der Waals surface area contributed by atoms with E-state index < -0.39 is 5.54 Å². The molecule has 1 saturated carbocycles. The lowest BCUT2D eigenvalue weighted by Gasteiger charge is -2.37. The summed E-state index contributed by atoms with van der Waals surface area (Å²) in [5.74, 6) is 0.255. The molecule has 0 heterocycles. The van der Waals surface area contributed by atoms with Gasteiger partial charge in [-0.3, -0.25) is 4.90 Å². The zero-order chi connectivity index (χ0) is 14.5. The first-order chi connectivity index (χ1) is 9.01. The first kappa shape index (κ1) is 16.4. The number of carbonyl (C=O) groups is 1. The highest BCUT2D eigenvalue weighted by Crippen LogP contribution is 2.41. The maximum Gasteiger partial charge on any atom is 0.327 e. The average Bonchev–Trinajstić information content (AvgIpc) is 3.20. The molecule has 0 aromatic carbocycles. The maximum atomic E-state index is 12.4. The second kappa shape index (κ2) is 7.22. The highest BCUT2D eigenvalue weighted by atomic mass is 16.5. The third kappa shape index (κ3) is 3.91. The fraction of sp³-hybridized carbons (Fsp3) is 0.929. The number of ether oxygens (including phenoxy) is 2. The molecule has 0 aliphatic heterocycles. The molecular weight excluding hydrogens is 244 g/mol. The SMILES string of the molecule is CCOC(=O)C(CN(C)C(C)COC)(NC)C1CC1. The van der Waals surface area contributed by atoms with E-state index in [0.717, 1.165) is 12.8 Å². The molecule has 2 atom stereocenters. The Balaban J connectivity index is 2.76. The van der Waals surface area contributed by atoms with Crippen molar-refractivity contribution in [2.45, 2.75) is 38.3 Å². The van der Waals surface area contributed by atoms with Crippen LogP contribution in [-0.2, 0) is 14.3 Å². The average molecular weight is 272 g/mol. The topological polar surface area (TPSA) is 50.8 Å². The molecule has 112 valence electrons. The Morgan fingerprint density at radius 1 is 1.53 bits per heavy atom. The summed E-state index contributed by atoms with van der Waals surface area (Å²) in [4.78, 5) is 14.5. The molecule has 5 nitrogen and oxygen atoms in total. The zero-order valence-corrected chi connectivity index (χ0v) is 12.9. The van der Waals surface area contributed by atoms with E-state index in [4.69, 9.17) is 9.47 Å². The quantitative estimate of drug-likeness (QED) is 0.632. The summed E-state index contributed by atoms with van der Waals surface area (Å²) in [6, 6.07) is 0.269. The molecule has 0 amide bonds. The van der Waals surface area contributed by atoms with Crippen molar-refractivity contribution in [2.75, 3.05) is 41.0 Å². The molecule has 2 unspecified atom stereocenters. The van der Waals surface area contributed by atoms with Gasteiger partial charge < -0.3 is 14.8 Å². The fourth-order valence-corrected chi connectivity index (χ4v) is 2.50. The summed E-state index contributed by atoms with van der Waals surface area (Å²) in [6.45, 7) is 5.68. The molecule has 0 radical (unpaired) electrons. The number of nitrogens with zero attached hydrogens (tertiary/aromatic N) is 1. The van der Waals surface area contributed by atoms with Gasteiger partial charge in [0.25, 0.3) is 0 Å². The van der Waals surface area contributed by atoms with E-state index in [0.29, 0.717) is 25.7 Å². The van der Waals surface area contributed by atoms with E-state index in [-0.39, 0.29) is 12.0 Å². The van der Waals surface area contributed by atoms with Crippen molar-refractivity contribution >= 4 is 5.97 Å². The molecule has 5 heteroatoms.